The molecule has 0 aliphatic rings. The molecule has 0 saturated heterocycles. The number of hydrogen-bond acceptors (Lipinski definition) is 5. The molecule has 0 bridgehead atoms. The molecule has 5 nitrogen and oxygen atoms in total. The lowest BCUT2D eigenvalue weighted by Gasteiger charge is -2.04. The predicted octanol–water partition coefficient (Wildman–Crippen LogP) is 2.14. The molecule has 0 atom stereocenters. The molecule has 0 saturated carbocycles. The topological polar surface area (TPSA) is 68.6 Å². The van der Waals surface area contributed by atoms with Gasteiger partial charge in [0.25, 0.3) is 0 Å². The largest absolute Gasteiger partial charge is 0.383 e. The van der Waals surface area contributed by atoms with Crippen LogP contribution in [0.2, 0.25) is 0 Å². The zero-order valence-corrected chi connectivity index (χ0v) is 10.4. The molecule has 0 rings (SSSR count). The first-order valence-corrected chi connectivity index (χ1v) is 5.78. The summed E-state index contributed by atoms with van der Waals surface area (Å²) in [6, 6.07) is 1.75. The van der Waals surface area contributed by atoms with Crippen LogP contribution in [0.25, 0.3) is 0 Å². The Labute approximate surface area is 102 Å². The smallest absolute Gasteiger partial charge is 0.379 e. The minimum Gasteiger partial charge on any atom is -0.379 e. The maximum Gasteiger partial charge on any atom is 0.383 e. The van der Waals surface area contributed by atoms with E-state index >= 15 is 0 Å². The second-order valence-corrected chi connectivity index (χ2v) is 3.30. The summed E-state index contributed by atoms with van der Waals surface area (Å²) >= 11 is 0. The maximum absolute atomic E-state index is 11.2. The van der Waals surface area contributed by atoms with Crippen molar-refractivity contribution in [3.63, 3.8) is 0 Å². The number of allylic oxidation sites excluding steroid dienone is 1. The highest BCUT2D eigenvalue weighted by Crippen LogP contribution is 1.99. The van der Waals surface area contributed by atoms with E-state index in [1.54, 1.807) is 6.07 Å². The molecule has 0 aromatic carbocycles. The van der Waals surface area contributed by atoms with Gasteiger partial charge in [-0.3, -0.25) is 4.89 Å². The molecule has 5 heteroatoms. The summed E-state index contributed by atoms with van der Waals surface area (Å²) in [6.45, 7) is 5.11. The summed E-state index contributed by atoms with van der Waals surface area (Å²) in [5, 5.41) is 8.63. The van der Waals surface area contributed by atoms with Crippen LogP contribution >= 0.6 is 0 Å². The number of nitriles is 1. The van der Waals surface area contributed by atoms with Crippen LogP contribution in [-0.2, 0) is 19.3 Å². The van der Waals surface area contributed by atoms with E-state index in [2.05, 4.69) is 16.7 Å². The van der Waals surface area contributed by atoms with Gasteiger partial charge in [-0.05, 0) is 12.8 Å². The molecule has 0 aromatic heterocycles. The molecule has 0 radical (unpaired) electrons. The summed E-state index contributed by atoms with van der Waals surface area (Å²) in [7, 11) is 0. The molecule has 0 spiro atoms. The molecule has 17 heavy (non-hydrogen) atoms. The summed E-state index contributed by atoms with van der Waals surface area (Å²) in [5.41, 5.74) is -0.0422. The van der Waals surface area contributed by atoms with Gasteiger partial charge >= 0.3 is 5.97 Å². The molecule has 0 aromatic rings. The van der Waals surface area contributed by atoms with Gasteiger partial charge in [0.15, 0.2) is 0 Å². The van der Waals surface area contributed by atoms with Gasteiger partial charge in [0, 0.05) is 6.61 Å². The quantitative estimate of drug-likeness (QED) is 0.203. The first kappa shape index (κ1) is 15.6. The van der Waals surface area contributed by atoms with Crippen LogP contribution in [-0.4, -0.2) is 25.8 Å². The fourth-order valence-electron chi connectivity index (χ4n) is 0.960. The van der Waals surface area contributed by atoms with Crippen LogP contribution in [0.1, 0.15) is 33.1 Å². The third kappa shape index (κ3) is 8.43. The number of nitrogens with zero attached hydrogens (tertiary/aromatic N) is 1. The number of carbonyl (C=O) groups excluding carboxylic acids is 1. The van der Waals surface area contributed by atoms with Crippen molar-refractivity contribution in [2.45, 2.75) is 33.1 Å². The number of carbonyl (C=O) groups is 1. The average molecular weight is 241 g/mol. The Bertz CT molecular complexity index is 281. The van der Waals surface area contributed by atoms with Gasteiger partial charge < -0.3 is 4.74 Å². The average Bonchev–Trinajstić information content (AvgIpc) is 2.34. The summed E-state index contributed by atoms with van der Waals surface area (Å²) in [6.07, 6.45) is 4.16. The molecule has 0 aliphatic heterocycles. The van der Waals surface area contributed by atoms with Crippen LogP contribution in [0.4, 0.5) is 0 Å². The monoisotopic (exact) mass is 241 g/mol. The standard InChI is InChI=1S/C12H19NO4/c1-3-5-7-15-8-9-16-17-12(14)11(10-13)6-4-2/h6H,3-5,7-9H2,1-2H3. The number of hydrogen-bond donors (Lipinski definition) is 0. The van der Waals surface area contributed by atoms with E-state index in [0.717, 1.165) is 12.8 Å². The van der Waals surface area contributed by atoms with Crippen molar-refractivity contribution >= 4 is 5.97 Å². The Kier molecular flexibility index (Phi) is 10.2. The molecule has 0 unspecified atom stereocenters. The van der Waals surface area contributed by atoms with Gasteiger partial charge in [0.1, 0.15) is 18.2 Å². The minimum absolute atomic E-state index is 0.0422. The Balaban J connectivity index is 3.58. The van der Waals surface area contributed by atoms with E-state index in [-0.39, 0.29) is 12.2 Å². The van der Waals surface area contributed by atoms with Gasteiger partial charge in [-0.15, -0.1) is 0 Å². The van der Waals surface area contributed by atoms with E-state index in [1.165, 1.54) is 6.08 Å². The Morgan fingerprint density at radius 3 is 2.65 bits per heavy atom. The number of ether oxygens (including phenoxy) is 1. The van der Waals surface area contributed by atoms with Crippen molar-refractivity contribution in [1.29, 1.82) is 5.26 Å². The van der Waals surface area contributed by atoms with E-state index in [4.69, 9.17) is 10.00 Å². The van der Waals surface area contributed by atoms with E-state index < -0.39 is 5.97 Å². The fraction of sp³-hybridized carbons (Fsp3) is 0.667. The highest BCUT2D eigenvalue weighted by molar-refractivity contribution is 5.92. The second-order valence-electron chi connectivity index (χ2n) is 3.30. The Hall–Kier alpha value is -1.38. The van der Waals surface area contributed by atoms with Crippen molar-refractivity contribution in [3.05, 3.63) is 11.6 Å². The second kappa shape index (κ2) is 11.1. The fourth-order valence-corrected chi connectivity index (χ4v) is 0.960. The van der Waals surface area contributed by atoms with Gasteiger partial charge in [0.05, 0.1) is 6.61 Å². The normalized spacial score (nSPS) is 11.0. The third-order valence-electron chi connectivity index (χ3n) is 1.84. The maximum atomic E-state index is 11.2. The lowest BCUT2D eigenvalue weighted by Crippen LogP contribution is -2.11. The lowest BCUT2D eigenvalue weighted by atomic mass is 10.2. The van der Waals surface area contributed by atoms with Crippen LogP contribution < -0.4 is 0 Å². The zero-order valence-electron chi connectivity index (χ0n) is 10.4. The van der Waals surface area contributed by atoms with Crippen LogP contribution in [0.15, 0.2) is 11.6 Å². The highest BCUT2D eigenvalue weighted by atomic mass is 17.2. The first-order chi connectivity index (χ1) is 8.26. The van der Waals surface area contributed by atoms with Gasteiger partial charge in [-0.2, -0.15) is 10.1 Å². The zero-order chi connectivity index (χ0) is 12.9. The number of unbranched alkanes of at least 4 members (excludes halogenated alkanes) is 1. The molecule has 0 heterocycles. The van der Waals surface area contributed by atoms with Crippen molar-refractivity contribution in [2.75, 3.05) is 19.8 Å². The van der Waals surface area contributed by atoms with Gasteiger partial charge in [0.2, 0.25) is 0 Å². The first-order valence-electron chi connectivity index (χ1n) is 5.78. The van der Waals surface area contributed by atoms with Crippen LogP contribution in [0.5, 0.6) is 0 Å². The van der Waals surface area contributed by atoms with E-state index in [9.17, 15) is 4.79 Å². The minimum atomic E-state index is -0.761. The summed E-state index contributed by atoms with van der Waals surface area (Å²) in [5.74, 6) is -0.761. The molecule has 0 amide bonds. The van der Waals surface area contributed by atoms with E-state index in [0.29, 0.717) is 19.6 Å². The Morgan fingerprint density at radius 1 is 1.29 bits per heavy atom. The van der Waals surface area contributed by atoms with Crippen molar-refractivity contribution in [3.8, 4) is 6.07 Å². The molecular weight excluding hydrogens is 222 g/mol. The lowest BCUT2D eigenvalue weighted by molar-refractivity contribution is -0.272. The molecule has 0 aliphatic carbocycles. The highest BCUT2D eigenvalue weighted by Gasteiger charge is 2.10. The van der Waals surface area contributed by atoms with Gasteiger partial charge in [-0.1, -0.05) is 26.3 Å². The number of rotatable bonds is 9. The van der Waals surface area contributed by atoms with Crippen LogP contribution in [0, 0.1) is 11.3 Å². The molecule has 96 valence electrons. The molecule has 0 fully saturated rings. The molecule has 0 N–H and O–H groups in total. The van der Waals surface area contributed by atoms with Gasteiger partial charge in [-0.25, -0.2) is 4.79 Å². The summed E-state index contributed by atoms with van der Waals surface area (Å²) < 4.78 is 5.19. The van der Waals surface area contributed by atoms with Crippen LogP contribution in [0.3, 0.4) is 0 Å². The predicted molar refractivity (Wildman–Crippen MR) is 61.8 cm³/mol. The van der Waals surface area contributed by atoms with Crippen molar-refractivity contribution in [2.24, 2.45) is 0 Å². The van der Waals surface area contributed by atoms with Crippen molar-refractivity contribution in [1.82, 2.24) is 0 Å². The summed E-state index contributed by atoms with van der Waals surface area (Å²) in [4.78, 5) is 20.3. The Morgan fingerprint density at radius 2 is 2.06 bits per heavy atom. The SMILES string of the molecule is CCC=C(C#N)C(=O)OOCCOCCCC. The molecular formula is C12H19NO4. The van der Waals surface area contributed by atoms with Crippen molar-refractivity contribution < 1.29 is 19.3 Å². The van der Waals surface area contributed by atoms with E-state index in [1.807, 2.05) is 6.92 Å². The third-order valence-corrected chi connectivity index (χ3v) is 1.84.